The van der Waals surface area contributed by atoms with E-state index >= 15 is 0 Å². The lowest BCUT2D eigenvalue weighted by Gasteiger charge is -2.35. The van der Waals surface area contributed by atoms with Crippen molar-refractivity contribution in [3.63, 3.8) is 0 Å². The number of alkyl carbamates (subject to hydrolysis) is 1. The highest BCUT2D eigenvalue weighted by Gasteiger charge is 2.24. The molecule has 21 heavy (non-hydrogen) atoms. The van der Waals surface area contributed by atoms with Crippen LogP contribution in [0.25, 0.3) is 0 Å². The van der Waals surface area contributed by atoms with Crippen molar-refractivity contribution >= 4 is 11.8 Å². The topological polar surface area (TPSA) is 41.6 Å². The summed E-state index contributed by atoms with van der Waals surface area (Å²) in [5, 5.41) is 2.89. The van der Waals surface area contributed by atoms with E-state index in [0.717, 1.165) is 25.1 Å². The number of ether oxygens (including phenoxy) is 1. The number of halogens is 1. The fraction of sp³-hybridized carbons (Fsp3) is 0.562. The van der Waals surface area contributed by atoms with Gasteiger partial charge in [0.2, 0.25) is 0 Å². The number of hydrogen-bond donors (Lipinski definition) is 1. The van der Waals surface area contributed by atoms with Crippen molar-refractivity contribution in [3.8, 4) is 0 Å². The average molecular weight is 294 g/mol. The molecule has 1 N–H and O–H groups in total. The molecular formula is C16H23FN2O2. The molecule has 1 saturated heterocycles. The van der Waals surface area contributed by atoms with E-state index in [1.54, 1.807) is 6.07 Å². The zero-order chi connectivity index (χ0) is 15.5. The molecule has 0 saturated carbocycles. The van der Waals surface area contributed by atoms with Gasteiger partial charge in [0, 0.05) is 24.8 Å². The highest BCUT2D eigenvalue weighted by atomic mass is 19.1. The van der Waals surface area contributed by atoms with Crippen LogP contribution in [-0.2, 0) is 4.74 Å². The van der Waals surface area contributed by atoms with Crippen LogP contribution in [0.4, 0.5) is 14.9 Å². The third kappa shape index (κ3) is 4.92. The molecule has 1 heterocycles. The van der Waals surface area contributed by atoms with Crippen molar-refractivity contribution in [1.29, 1.82) is 0 Å². The van der Waals surface area contributed by atoms with Gasteiger partial charge in [0.1, 0.15) is 11.4 Å². The Labute approximate surface area is 125 Å². The van der Waals surface area contributed by atoms with Crippen molar-refractivity contribution in [2.75, 3.05) is 18.0 Å². The van der Waals surface area contributed by atoms with Crippen molar-refractivity contribution in [2.24, 2.45) is 0 Å². The van der Waals surface area contributed by atoms with Crippen LogP contribution in [0.2, 0.25) is 0 Å². The van der Waals surface area contributed by atoms with Gasteiger partial charge in [-0.2, -0.15) is 0 Å². The van der Waals surface area contributed by atoms with Crippen LogP contribution >= 0.6 is 0 Å². The van der Waals surface area contributed by atoms with Gasteiger partial charge in [-0.1, -0.05) is 6.07 Å². The van der Waals surface area contributed by atoms with Gasteiger partial charge in [-0.3, -0.25) is 0 Å². The normalized spacial score (nSPS) is 19.2. The Morgan fingerprint density at radius 3 is 2.86 bits per heavy atom. The van der Waals surface area contributed by atoms with Crippen LogP contribution in [-0.4, -0.2) is 30.8 Å². The minimum absolute atomic E-state index is 0.0249. The first-order valence-electron chi connectivity index (χ1n) is 7.33. The predicted octanol–water partition coefficient (Wildman–Crippen LogP) is 3.32. The summed E-state index contributed by atoms with van der Waals surface area (Å²) in [6, 6.07) is 6.57. The van der Waals surface area contributed by atoms with E-state index in [1.165, 1.54) is 12.1 Å². The Hall–Kier alpha value is -1.78. The first-order chi connectivity index (χ1) is 9.83. The Kier molecular flexibility index (Phi) is 4.70. The van der Waals surface area contributed by atoms with Crippen molar-refractivity contribution < 1.29 is 13.9 Å². The Balaban J connectivity index is 1.93. The number of anilines is 1. The van der Waals surface area contributed by atoms with Gasteiger partial charge in [0.05, 0.1) is 0 Å². The second-order valence-electron chi connectivity index (χ2n) is 6.41. The number of amides is 1. The molecule has 0 bridgehead atoms. The third-order valence-electron chi connectivity index (χ3n) is 3.32. The summed E-state index contributed by atoms with van der Waals surface area (Å²) in [6.07, 6.45) is 1.47. The molecule has 0 aromatic heterocycles. The van der Waals surface area contributed by atoms with E-state index in [4.69, 9.17) is 4.74 Å². The molecule has 4 nitrogen and oxygen atoms in total. The van der Waals surface area contributed by atoms with E-state index in [-0.39, 0.29) is 11.9 Å². The lowest BCUT2D eigenvalue weighted by Crippen LogP contribution is -2.49. The van der Waals surface area contributed by atoms with Gasteiger partial charge in [0.25, 0.3) is 0 Å². The number of carbonyl (C=O) groups excluding carboxylic acids is 1. The predicted molar refractivity (Wildman–Crippen MR) is 81.0 cm³/mol. The van der Waals surface area contributed by atoms with E-state index in [0.29, 0.717) is 6.54 Å². The first kappa shape index (κ1) is 15.6. The minimum Gasteiger partial charge on any atom is -0.444 e. The Bertz CT molecular complexity index is 499. The SMILES string of the molecule is CC(C)(C)OC(=O)N[C@@H]1CCCN(c2cccc(F)c2)C1. The van der Waals surface area contributed by atoms with Crippen molar-refractivity contribution in [3.05, 3.63) is 30.1 Å². The molecule has 1 fully saturated rings. The number of piperidine rings is 1. The molecular weight excluding hydrogens is 271 g/mol. The number of rotatable bonds is 2. The third-order valence-corrected chi connectivity index (χ3v) is 3.32. The summed E-state index contributed by atoms with van der Waals surface area (Å²) < 4.78 is 18.6. The van der Waals surface area contributed by atoms with E-state index in [1.807, 2.05) is 26.8 Å². The molecule has 1 amide bonds. The number of carbonyl (C=O) groups is 1. The Morgan fingerprint density at radius 2 is 2.19 bits per heavy atom. The summed E-state index contributed by atoms with van der Waals surface area (Å²) in [5.74, 6) is -0.241. The highest BCUT2D eigenvalue weighted by molar-refractivity contribution is 5.68. The first-order valence-corrected chi connectivity index (χ1v) is 7.33. The highest BCUT2D eigenvalue weighted by Crippen LogP contribution is 2.21. The van der Waals surface area contributed by atoms with Crippen LogP contribution in [0, 0.1) is 5.82 Å². The van der Waals surface area contributed by atoms with Crippen LogP contribution < -0.4 is 10.2 Å². The average Bonchev–Trinajstić information content (AvgIpc) is 2.36. The molecule has 0 radical (unpaired) electrons. The van der Waals surface area contributed by atoms with Crippen molar-refractivity contribution in [2.45, 2.75) is 45.3 Å². The monoisotopic (exact) mass is 294 g/mol. The molecule has 0 spiro atoms. The zero-order valence-corrected chi connectivity index (χ0v) is 12.9. The number of nitrogens with one attached hydrogen (secondary N) is 1. The molecule has 1 aliphatic heterocycles. The lowest BCUT2D eigenvalue weighted by molar-refractivity contribution is 0.0500. The second-order valence-corrected chi connectivity index (χ2v) is 6.41. The molecule has 2 rings (SSSR count). The van der Waals surface area contributed by atoms with Crippen LogP contribution in [0.5, 0.6) is 0 Å². The van der Waals surface area contributed by atoms with Gasteiger partial charge in [-0.25, -0.2) is 9.18 Å². The number of benzene rings is 1. The molecule has 0 aliphatic carbocycles. The largest absolute Gasteiger partial charge is 0.444 e. The Morgan fingerprint density at radius 1 is 1.43 bits per heavy atom. The zero-order valence-electron chi connectivity index (χ0n) is 12.9. The molecule has 1 aromatic rings. The number of hydrogen-bond acceptors (Lipinski definition) is 3. The van der Waals surface area contributed by atoms with Crippen LogP contribution in [0.1, 0.15) is 33.6 Å². The lowest BCUT2D eigenvalue weighted by atomic mass is 10.1. The quantitative estimate of drug-likeness (QED) is 0.909. The molecule has 1 atom stereocenters. The standard InChI is InChI=1S/C16H23FN2O2/c1-16(2,3)21-15(20)18-13-7-5-9-19(11-13)14-8-4-6-12(17)10-14/h4,6,8,10,13H,5,7,9,11H2,1-3H3,(H,18,20)/t13-/m1/s1. The molecule has 0 unspecified atom stereocenters. The number of nitrogens with zero attached hydrogens (tertiary/aromatic N) is 1. The van der Waals surface area contributed by atoms with Gasteiger partial charge >= 0.3 is 6.09 Å². The fourth-order valence-electron chi connectivity index (χ4n) is 2.48. The second kappa shape index (κ2) is 6.33. The van der Waals surface area contributed by atoms with Gasteiger partial charge in [0.15, 0.2) is 0 Å². The van der Waals surface area contributed by atoms with Crippen LogP contribution in [0.3, 0.4) is 0 Å². The van der Waals surface area contributed by atoms with Gasteiger partial charge in [-0.05, 0) is 51.8 Å². The summed E-state index contributed by atoms with van der Waals surface area (Å²) >= 11 is 0. The van der Waals surface area contributed by atoms with Crippen LogP contribution in [0.15, 0.2) is 24.3 Å². The van der Waals surface area contributed by atoms with E-state index in [9.17, 15) is 9.18 Å². The minimum atomic E-state index is -0.499. The summed E-state index contributed by atoms with van der Waals surface area (Å²) in [4.78, 5) is 13.9. The van der Waals surface area contributed by atoms with E-state index < -0.39 is 11.7 Å². The molecule has 116 valence electrons. The molecule has 5 heteroatoms. The summed E-state index contributed by atoms with van der Waals surface area (Å²) in [7, 11) is 0. The van der Waals surface area contributed by atoms with Gasteiger partial charge in [-0.15, -0.1) is 0 Å². The maximum atomic E-state index is 13.3. The summed E-state index contributed by atoms with van der Waals surface area (Å²) in [6.45, 7) is 7.06. The van der Waals surface area contributed by atoms with Crippen molar-refractivity contribution in [1.82, 2.24) is 5.32 Å². The smallest absolute Gasteiger partial charge is 0.407 e. The molecule has 1 aliphatic rings. The molecule has 1 aromatic carbocycles. The maximum absolute atomic E-state index is 13.3. The van der Waals surface area contributed by atoms with E-state index in [2.05, 4.69) is 10.2 Å². The fourth-order valence-corrected chi connectivity index (χ4v) is 2.48. The van der Waals surface area contributed by atoms with Gasteiger partial charge < -0.3 is 15.0 Å². The maximum Gasteiger partial charge on any atom is 0.407 e. The summed E-state index contributed by atoms with van der Waals surface area (Å²) in [5.41, 5.74) is 0.353.